The van der Waals surface area contributed by atoms with E-state index in [2.05, 4.69) is 36.2 Å². The Morgan fingerprint density at radius 1 is 0.818 bits per heavy atom. The first-order chi connectivity index (χ1) is 16.2. The van der Waals surface area contributed by atoms with Crippen LogP contribution in [-0.4, -0.2) is 11.1 Å². The first-order valence-corrected chi connectivity index (χ1v) is 11.5. The summed E-state index contributed by atoms with van der Waals surface area (Å²) in [5.41, 5.74) is 6.13. The Balaban J connectivity index is 1.24. The summed E-state index contributed by atoms with van der Waals surface area (Å²) in [6.07, 6.45) is 1.89. The second-order valence-electron chi connectivity index (χ2n) is 8.15. The zero-order valence-electron chi connectivity index (χ0n) is 18.4. The number of halogens is 1. The van der Waals surface area contributed by atoms with E-state index in [0.717, 1.165) is 40.3 Å². The predicted molar refractivity (Wildman–Crippen MR) is 135 cm³/mol. The Bertz CT molecular complexity index is 1320. The Kier molecular flexibility index (Phi) is 6.14. The standard InChI is InChI=1S/C29H24ClNO2/c1-20(10-11-21-12-14-22(15-13-21)23-16-18-24(30)19-17-23)32-27-8-4-2-6-25(27)29-31-26-7-3-5-9-28(26)33-29/h2-9,12-20H,10-11H2,1H3. The second-order valence-corrected chi connectivity index (χ2v) is 8.59. The molecule has 0 aliphatic carbocycles. The normalized spacial score (nSPS) is 12.1. The van der Waals surface area contributed by atoms with Crippen molar-refractivity contribution in [1.29, 1.82) is 0 Å². The number of nitrogens with zero attached hydrogens (tertiary/aromatic N) is 1. The number of ether oxygens (including phenoxy) is 1. The molecule has 4 aromatic carbocycles. The summed E-state index contributed by atoms with van der Waals surface area (Å²) in [5, 5.41) is 0.752. The van der Waals surface area contributed by atoms with Crippen molar-refractivity contribution in [1.82, 2.24) is 4.98 Å². The molecular weight excluding hydrogens is 430 g/mol. The van der Waals surface area contributed by atoms with Crippen LogP contribution in [0.4, 0.5) is 0 Å². The van der Waals surface area contributed by atoms with Gasteiger partial charge < -0.3 is 9.15 Å². The zero-order valence-corrected chi connectivity index (χ0v) is 19.1. The summed E-state index contributed by atoms with van der Waals surface area (Å²) >= 11 is 6.00. The summed E-state index contributed by atoms with van der Waals surface area (Å²) in [6.45, 7) is 2.10. The maximum absolute atomic E-state index is 6.31. The van der Waals surface area contributed by atoms with Crippen molar-refractivity contribution in [2.75, 3.05) is 0 Å². The molecule has 0 aliphatic heterocycles. The summed E-state index contributed by atoms with van der Waals surface area (Å²) in [7, 11) is 0. The van der Waals surface area contributed by atoms with E-state index in [-0.39, 0.29) is 6.10 Å². The van der Waals surface area contributed by atoms with Crippen LogP contribution in [-0.2, 0) is 6.42 Å². The highest BCUT2D eigenvalue weighted by molar-refractivity contribution is 6.30. The maximum Gasteiger partial charge on any atom is 0.231 e. The number of fused-ring (bicyclic) bond motifs is 1. The number of rotatable bonds is 7. The SMILES string of the molecule is CC(CCc1ccc(-c2ccc(Cl)cc2)cc1)Oc1ccccc1-c1nc2ccccc2o1. The number of aryl methyl sites for hydroxylation is 1. The van der Waals surface area contributed by atoms with Gasteiger partial charge in [0.25, 0.3) is 0 Å². The minimum Gasteiger partial charge on any atom is -0.490 e. The molecule has 1 heterocycles. The van der Waals surface area contributed by atoms with Crippen LogP contribution in [0.15, 0.2) is 101 Å². The molecule has 0 bridgehead atoms. The van der Waals surface area contributed by atoms with Gasteiger partial charge in [-0.1, -0.05) is 72.3 Å². The summed E-state index contributed by atoms with van der Waals surface area (Å²) in [6, 6.07) is 32.3. The number of para-hydroxylation sites is 3. The van der Waals surface area contributed by atoms with E-state index in [0.29, 0.717) is 5.89 Å². The predicted octanol–water partition coefficient (Wildman–Crippen LogP) is 8.22. The fraction of sp³-hybridized carbons (Fsp3) is 0.138. The lowest BCUT2D eigenvalue weighted by atomic mass is 10.0. The number of hydrogen-bond donors (Lipinski definition) is 0. The van der Waals surface area contributed by atoms with Gasteiger partial charge in [-0.2, -0.15) is 0 Å². The van der Waals surface area contributed by atoms with Gasteiger partial charge in [0.2, 0.25) is 5.89 Å². The molecule has 33 heavy (non-hydrogen) atoms. The van der Waals surface area contributed by atoms with E-state index in [9.17, 15) is 0 Å². The molecule has 1 aromatic heterocycles. The van der Waals surface area contributed by atoms with E-state index in [1.165, 1.54) is 16.7 Å². The first kappa shape index (κ1) is 21.3. The highest BCUT2D eigenvalue weighted by Gasteiger charge is 2.15. The van der Waals surface area contributed by atoms with Crippen LogP contribution in [0.1, 0.15) is 18.9 Å². The third-order valence-corrected chi connectivity index (χ3v) is 5.96. The molecule has 0 aliphatic rings. The van der Waals surface area contributed by atoms with Crippen LogP contribution in [0.5, 0.6) is 5.75 Å². The molecule has 0 spiro atoms. The third kappa shape index (κ3) is 4.94. The van der Waals surface area contributed by atoms with Gasteiger partial charge in [-0.3, -0.25) is 0 Å². The zero-order chi connectivity index (χ0) is 22.6. The summed E-state index contributed by atoms with van der Waals surface area (Å²) in [4.78, 5) is 4.63. The minimum absolute atomic E-state index is 0.0477. The first-order valence-electron chi connectivity index (χ1n) is 11.1. The molecule has 164 valence electrons. The van der Waals surface area contributed by atoms with E-state index in [4.69, 9.17) is 20.8 Å². The van der Waals surface area contributed by atoms with E-state index >= 15 is 0 Å². The molecule has 0 N–H and O–H groups in total. The van der Waals surface area contributed by atoms with Gasteiger partial charge in [0, 0.05) is 5.02 Å². The van der Waals surface area contributed by atoms with Crippen molar-refractivity contribution in [2.24, 2.45) is 0 Å². The average Bonchev–Trinajstić information content (AvgIpc) is 3.28. The van der Waals surface area contributed by atoms with Crippen LogP contribution in [0, 0.1) is 0 Å². The monoisotopic (exact) mass is 453 g/mol. The Morgan fingerprint density at radius 2 is 1.48 bits per heavy atom. The van der Waals surface area contributed by atoms with Crippen LogP contribution < -0.4 is 4.74 Å². The second kappa shape index (κ2) is 9.51. The molecule has 5 aromatic rings. The van der Waals surface area contributed by atoms with Crippen LogP contribution in [0.2, 0.25) is 5.02 Å². The molecule has 3 nitrogen and oxygen atoms in total. The highest BCUT2D eigenvalue weighted by Crippen LogP contribution is 2.32. The van der Waals surface area contributed by atoms with Gasteiger partial charge in [-0.25, -0.2) is 4.98 Å². The lowest BCUT2D eigenvalue weighted by molar-refractivity contribution is 0.212. The fourth-order valence-electron chi connectivity index (χ4n) is 3.89. The highest BCUT2D eigenvalue weighted by atomic mass is 35.5. The molecule has 0 amide bonds. The molecule has 5 rings (SSSR count). The number of oxazole rings is 1. The van der Waals surface area contributed by atoms with E-state index in [1.54, 1.807) is 0 Å². The molecule has 1 atom stereocenters. The molecule has 0 saturated heterocycles. The molecule has 4 heteroatoms. The van der Waals surface area contributed by atoms with Gasteiger partial charge in [-0.15, -0.1) is 0 Å². The van der Waals surface area contributed by atoms with Crippen molar-refractivity contribution in [2.45, 2.75) is 25.9 Å². The van der Waals surface area contributed by atoms with Crippen molar-refractivity contribution >= 4 is 22.7 Å². The third-order valence-electron chi connectivity index (χ3n) is 5.71. The topological polar surface area (TPSA) is 35.3 Å². The molecule has 0 saturated carbocycles. The van der Waals surface area contributed by atoms with E-state index < -0.39 is 0 Å². The Labute approximate surface area is 198 Å². The van der Waals surface area contributed by atoms with Crippen molar-refractivity contribution < 1.29 is 9.15 Å². The summed E-state index contributed by atoms with van der Waals surface area (Å²) < 4.78 is 12.3. The van der Waals surface area contributed by atoms with Crippen molar-refractivity contribution in [3.8, 4) is 28.3 Å². The summed E-state index contributed by atoms with van der Waals surface area (Å²) in [5.74, 6) is 1.37. The number of hydrogen-bond acceptors (Lipinski definition) is 3. The lowest BCUT2D eigenvalue weighted by Crippen LogP contribution is -2.13. The molecule has 1 unspecified atom stereocenters. The number of aromatic nitrogens is 1. The van der Waals surface area contributed by atoms with Crippen LogP contribution in [0.25, 0.3) is 33.7 Å². The smallest absolute Gasteiger partial charge is 0.231 e. The lowest BCUT2D eigenvalue weighted by Gasteiger charge is -2.16. The van der Waals surface area contributed by atoms with Crippen LogP contribution in [0.3, 0.4) is 0 Å². The van der Waals surface area contributed by atoms with Gasteiger partial charge >= 0.3 is 0 Å². The van der Waals surface area contributed by atoms with Gasteiger partial charge in [0.15, 0.2) is 5.58 Å². The van der Waals surface area contributed by atoms with Crippen molar-refractivity contribution in [3.05, 3.63) is 108 Å². The minimum atomic E-state index is 0.0477. The van der Waals surface area contributed by atoms with Gasteiger partial charge in [0.1, 0.15) is 11.3 Å². The van der Waals surface area contributed by atoms with Gasteiger partial charge in [-0.05, 0) is 72.9 Å². The van der Waals surface area contributed by atoms with Crippen LogP contribution >= 0.6 is 11.6 Å². The van der Waals surface area contributed by atoms with Crippen molar-refractivity contribution in [3.63, 3.8) is 0 Å². The van der Waals surface area contributed by atoms with E-state index in [1.807, 2.05) is 72.8 Å². The average molecular weight is 454 g/mol. The molecular formula is C29H24ClNO2. The quantitative estimate of drug-likeness (QED) is 0.249. The Hall–Kier alpha value is -3.56. The van der Waals surface area contributed by atoms with Gasteiger partial charge in [0.05, 0.1) is 11.7 Å². The number of benzene rings is 4. The fourth-order valence-corrected chi connectivity index (χ4v) is 4.01. The largest absolute Gasteiger partial charge is 0.490 e. The Morgan fingerprint density at radius 3 is 2.24 bits per heavy atom. The molecule has 0 fully saturated rings. The maximum atomic E-state index is 6.31. The molecule has 0 radical (unpaired) electrons.